The monoisotopic (exact) mass is 446 g/mol. The fourth-order valence-corrected chi connectivity index (χ4v) is 4.01. The molecule has 0 aromatic carbocycles. The molecule has 0 amide bonds. The molecule has 1 saturated heterocycles. The lowest BCUT2D eigenvalue weighted by Gasteiger charge is -2.38. The first-order chi connectivity index (χ1) is 11.2. The van der Waals surface area contributed by atoms with Crippen molar-refractivity contribution in [3.63, 3.8) is 0 Å². The van der Waals surface area contributed by atoms with Crippen molar-refractivity contribution in [2.24, 2.45) is 10.4 Å². The number of guanidine groups is 1. The molecule has 3 rings (SSSR count). The smallest absolute Gasteiger partial charge is 0.194 e. The molecular formula is C18H31IN4O. The molecule has 0 radical (unpaired) electrons. The van der Waals surface area contributed by atoms with Crippen molar-refractivity contribution < 1.29 is 4.52 Å². The van der Waals surface area contributed by atoms with Gasteiger partial charge >= 0.3 is 0 Å². The Morgan fingerprint density at radius 3 is 2.67 bits per heavy atom. The van der Waals surface area contributed by atoms with Crippen LogP contribution in [0, 0.1) is 5.41 Å². The van der Waals surface area contributed by atoms with Gasteiger partial charge in [0.05, 0.1) is 12.2 Å². The second-order valence-corrected chi connectivity index (χ2v) is 7.16. The van der Waals surface area contributed by atoms with Crippen LogP contribution in [0.15, 0.2) is 15.6 Å². The van der Waals surface area contributed by atoms with Crippen LogP contribution >= 0.6 is 24.0 Å². The van der Waals surface area contributed by atoms with Crippen LogP contribution in [0.25, 0.3) is 0 Å². The summed E-state index contributed by atoms with van der Waals surface area (Å²) in [6.07, 6.45) is 7.70. The summed E-state index contributed by atoms with van der Waals surface area (Å²) < 4.78 is 5.49. The lowest BCUT2D eigenvalue weighted by atomic mass is 9.68. The van der Waals surface area contributed by atoms with Crippen LogP contribution in [-0.4, -0.2) is 36.2 Å². The molecule has 2 heterocycles. The molecule has 0 atom stereocenters. The molecule has 136 valence electrons. The van der Waals surface area contributed by atoms with Crippen LogP contribution in [0.3, 0.4) is 0 Å². The molecule has 6 heteroatoms. The number of halogens is 1. The molecule has 5 nitrogen and oxygen atoms in total. The van der Waals surface area contributed by atoms with E-state index in [1.807, 2.05) is 7.05 Å². The Labute approximate surface area is 162 Å². The van der Waals surface area contributed by atoms with Gasteiger partial charge in [0.15, 0.2) is 11.7 Å². The second-order valence-electron chi connectivity index (χ2n) is 7.16. The van der Waals surface area contributed by atoms with Gasteiger partial charge in [-0.05, 0) is 37.5 Å². The average molecular weight is 446 g/mol. The molecule has 1 spiro atoms. The van der Waals surface area contributed by atoms with Crippen molar-refractivity contribution in [2.75, 3.05) is 20.1 Å². The van der Waals surface area contributed by atoms with Crippen LogP contribution in [0.4, 0.5) is 0 Å². The Bertz CT molecular complexity index is 549. The number of nitrogens with one attached hydrogen (secondary N) is 1. The van der Waals surface area contributed by atoms with Gasteiger partial charge in [0.2, 0.25) is 0 Å². The minimum atomic E-state index is 0. The molecule has 2 aliphatic rings. The molecule has 1 N–H and O–H groups in total. The third-order valence-electron chi connectivity index (χ3n) is 5.77. The van der Waals surface area contributed by atoms with Gasteiger partial charge < -0.3 is 14.7 Å². The van der Waals surface area contributed by atoms with E-state index in [1.54, 1.807) is 0 Å². The number of hydrogen-bond donors (Lipinski definition) is 1. The van der Waals surface area contributed by atoms with Crippen LogP contribution in [0.5, 0.6) is 0 Å². The number of aliphatic imine (C=N–C) groups is 1. The zero-order valence-electron chi connectivity index (χ0n) is 15.2. The molecule has 0 bridgehead atoms. The molecule has 1 aromatic heterocycles. The van der Waals surface area contributed by atoms with E-state index in [0.29, 0.717) is 17.9 Å². The van der Waals surface area contributed by atoms with E-state index >= 15 is 0 Å². The highest BCUT2D eigenvalue weighted by atomic mass is 127. The fraction of sp³-hybridized carbons (Fsp3) is 0.778. The highest BCUT2D eigenvalue weighted by Gasteiger charge is 2.43. The SMILES string of the molecule is CCC(CC)c1cc(CNC(=NC)N2CCC3(CCC3)C2)on1.I. The standard InChI is InChI=1S/C18H30N4O.HI/c1-4-14(5-2)16-11-15(23-21-16)12-20-17(19-3)22-10-9-18(13-22)7-6-8-18;/h11,14H,4-10,12-13H2,1-3H3,(H,19,20);1H. The van der Waals surface area contributed by atoms with Crippen molar-refractivity contribution in [1.29, 1.82) is 0 Å². The third kappa shape index (κ3) is 4.06. The van der Waals surface area contributed by atoms with Crippen LogP contribution in [0.2, 0.25) is 0 Å². The van der Waals surface area contributed by atoms with Crippen molar-refractivity contribution in [3.8, 4) is 0 Å². The first kappa shape index (κ1) is 19.5. The van der Waals surface area contributed by atoms with Crippen LogP contribution < -0.4 is 5.32 Å². The molecule has 1 aromatic rings. The molecule has 24 heavy (non-hydrogen) atoms. The van der Waals surface area contributed by atoms with E-state index in [-0.39, 0.29) is 24.0 Å². The van der Waals surface area contributed by atoms with Gasteiger partial charge in [-0.25, -0.2) is 0 Å². The first-order valence-corrected chi connectivity index (χ1v) is 9.11. The van der Waals surface area contributed by atoms with Gasteiger partial charge in [0.25, 0.3) is 0 Å². The number of likely N-dealkylation sites (tertiary alicyclic amines) is 1. The Hall–Kier alpha value is -0.790. The lowest BCUT2D eigenvalue weighted by Crippen LogP contribution is -2.42. The van der Waals surface area contributed by atoms with E-state index in [2.05, 4.69) is 40.3 Å². The van der Waals surface area contributed by atoms with E-state index in [0.717, 1.165) is 43.3 Å². The highest BCUT2D eigenvalue weighted by molar-refractivity contribution is 14.0. The lowest BCUT2D eigenvalue weighted by molar-refractivity contribution is 0.151. The Balaban J connectivity index is 0.00000208. The molecule has 1 aliphatic carbocycles. The summed E-state index contributed by atoms with van der Waals surface area (Å²) >= 11 is 0. The third-order valence-corrected chi connectivity index (χ3v) is 5.77. The number of aromatic nitrogens is 1. The van der Waals surface area contributed by atoms with Gasteiger partial charge in [0, 0.05) is 32.1 Å². The van der Waals surface area contributed by atoms with Gasteiger partial charge in [-0.1, -0.05) is 25.4 Å². The van der Waals surface area contributed by atoms with Gasteiger partial charge in [-0.15, -0.1) is 24.0 Å². The predicted octanol–water partition coefficient (Wildman–Crippen LogP) is 4.15. The minimum absolute atomic E-state index is 0. The largest absolute Gasteiger partial charge is 0.359 e. The summed E-state index contributed by atoms with van der Waals surface area (Å²) in [6.45, 7) is 7.33. The molecule has 2 fully saturated rings. The maximum atomic E-state index is 5.49. The van der Waals surface area contributed by atoms with Crippen molar-refractivity contribution >= 4 is 29.9 Å². The quantitative estimate of drug-likeness (QED) is 0.420. The zero-order chi connectivity index (χ0) is 16.3. The molecular weight excluding hydrogens is 415 g/mol. The second kappa shape index (κ2) is 8.54. The van der Waals surface area contributed by atoms with E-state index in [4.69, 9.17) is 4.52 Å². The number of hydrogen-bond acceptors (Lipinski definition) is 3. The van der Waals surface area contributed by atoms with Crippen molar-refractivity contribution in [1.82, 2.24) is 15.4 Å². The molecule has 1 saturated carbocycles. The van der Waals surface area contributed by atoms with Gasteiger partial charge in [-0.3, -0.25) is 4.99 Å². The minimum Gasteiger partial charge on any atom is -0.359 e. The summed E-state index contributed by atoms with van der Waals surface area (Å²) in [5.74, 6) is 2.39. The van der Waals surface area contributed by atoms with Crippen molar-refractivity contribution in [2.45, 2.75) is 64.8 Å². The summed E-state index contributed by atoms with van der Waals surface area (Å²) in [4.78, 5) is 6.85. The summed E-state index contributed by atoms with van der Waals surface area (Å²) in [6, 6.07) is 2.09. The van der Waals surface area contributed by atoms with Crippen LogP contribution in [0.1, 0.15) is 69.7 Å². The van der Waals surface area contributed by atoms with Crippen molar-refractivity contribution in [3.05, 3.63) is 17.5 Å². The molecule has 1 aliphatic heterocycles. The Morgan fingerprint density at radius 1 is 1.38 bits per heavy atom. The van der Waals surface area contributed by atoms with E-state index in [1.165, 1.54) is 25.7 Å². The summed E-state index contributed by atoms with van der Waals surface area (Å²) in [5.41, 5.74) is 1.67. The Morgan fingerprint density at radius 2 is 2.12 bits per heavy atom. The first-order valence-electron chi connectivity index (χ1n) is 9.11. The maximum absolute atomic E-state index is 5.49. The average Bonchev–Trinajstić information content (AvgIpc) is 3.16. The highest BCUT2D eigenvalue weighted by Crippen LogP contribution is 2.47. The summed E-state index contributed by atoms with van der Waals surface area (Å²) in [7, 11) is 1.87. The van der Waals surface area contributed by atoms with Gasteiger partial charge in [0.1, 0.15) is 0 Å². The Kier molecular flexibility index (Phi) is 6.95. The zero-order valence-corrected chi connectivity index (χ0v) is 17.5. The topological polar surface area (TPSA) is 53.7 Å². The fourth-order valence-electron chi connectivity index (χ4n) is 4.01. The summed E-state index contributed by atoms with van der Waals surface area (Å²) in [5, 5.41) is 7.68. The number of rotatable bonds is 5. The normalized spacial score (nSPS) is 19.5. The maximum Gasteiger partial charge on any atom is 0.194 e. The van der Waals surface area contributed by atoms with E-state index in [9.17, 15) is 0 Å². The number of nitrogens with zero attached hydrogens (tertiary/aromatic N) is 3. The van der Waals surface area contributed by atoms with Gasteiger partial charge in [-0.2, -0.15) is 0 Å². The van der Waals surface area contributed by atoms with E-state index < -0.39 is 0 Å². The molecule has 0 unspecified atom stereocenters. The predicted molar refractivity (Wildman–Crippen MR) is 108 cm³/mol. The van der Waals surface area contributed by atoms with Crippen LogP contribution in [-0.2, 0) is 6.54 Å².